The fraction of sp³-hybridized carbons (Fsp3) is 0.778. The molecule has 2 nitrogen and oxygen atoms in total. The zero-order chi connectivity index (χ0) is 22.7. The third kappa shape index (κ3) is 4.09. The molecule has 18 heteroatoms. The Bertz CT molecular complexity index is 565. The second-order valence-corrected chi connectivity index (χ2v) is 7.24. The van der Waals surface area contributed by atoms with Crippen LogP contribution in [0, 0.1) is 0 Å². The summed E-state index contributed by atoms with van der Waals surface area (Å²) in [6, 6.07) is 0. The third-order valence-corrected chi connectivity index (χ3v) is 4.00. The first-order valence-corrected chi connectivity index (χ1v) is 7.59. The number of hydrogen-bond acceptors (Lipinski definition) is 2. The van der Waals surface area contributed by atoms with E-state index < -0.39 is 94.2 Å². The zero-order valence-corrected chi connectivity index (χ0v) is 15.7. The summed E-state index contributed by atoms with van der Waals surface area (Å²) in [5, 5.41) is 0. The van der Waals surface area contributed by atoms with Crippen LogP contribution in [0.4, 0.5) is 61.5 Å². The van der Waals surface area contributed by atoms with E-state index in [1.165, 1.54) is 0 Å². The molecule has 0 atom stereocenters. The normalized spacial score (nSPS) is 15.7. The largest absolute Gasteiger partial charge is 0.387 e. The highest BCUT2D eigenvalue weighted by Crippen LogP contribution is 2.54. The van der Waals surface area contributed by atoms with E-state index in [9.17, 15) is 71.1 Å². The van der Waals surface area contributed by atoms with Gasteiger partial charge >= 0.3 is 37.5 Å². The van der Waals surface area contributed by atoms with Crippen molar-refractivity contribution in [1.82, 2.24) is 0 Å². The Morgan fingerprint density at radius 1 is 0.444 bits per heavy atom. The number of Topliss-reactive ketones (excluding diaryl/α,β-unsaturated/α-hetero) is 2. The minimum absolute atomic E-state index is 0.697. The van der Waals surface area contributed by atoms with Gasteiger partial charge in [-0.25, -0.2) is 0 Å². The molecule has 0 N–H and O–H groups in total. The molecular formula is C9F14I2O2. The Morgan fingerprint density at radius 3 is 0.778 bits per heavy atom. The van der Waals surface area contributed by atoms with Gasteiger partial charge in [-0.05, 0) is 0 Å². The van der Waals surface area contributed by atoms with Crippen LogP contribution in [0.1, 0.15) is 0 Å². The average Bonchev–Trinajstić information content (AvgIpc) is 2.42. The summed E-state index contributed by atoms with van der Waals surface area (Å²) in [4.78, 5) is 21.3. The molecule has 0 heterocycles. The Labute approximate surface area is 165 Å². The summed E-state index contributed by atoms with van der Waals surface area (Å²) in [6.07, 6.45) is 0. The van der Waals surface area contributed by atoms with Gasteiger partial charge in [0.05, 0.1) is 0 Å². The van der Waals surface area contributed by atoms with Crippen molar-refractivity contribution in [2.75, 3.05) is 0 Å². The smallest absolute Gasteiger partial charge is 0.285 e. The first kappa shape index (κ1) is 26.8. The number of rotatable bonds is 8. The molecule has 0 aromatic heterocycles. The molecular weight excluding hydrogens is 660 g/mol. The van der Waals surface area contributed by atoms with Crippen LogP contribution in [0.5, 0.6) is 0 Å². The van der Waals surface area contributed by atoms with Gasteiger partial charge in [0.1, 0.15) is 0 Å². The van der Waals surface area contributed by atoms with Crippen molar-refractivity contribution in [3.8, 4) is 0 Å². The van der Waals surface area contributed by atoms with Gasteiger partial charge in [0.2, 0.25) is 0 Å². The molecule has 0 aromatic carbocycles. The Balaban J connectivity index is 6.39. The van der Waals surface area contributed by atoms with Crippen molar-refractivity contribution in [3.05, 3.63) is 0 Å². The second-order valence-electron chi connectivity index (χ2n) is 4.53. The highest BCUT2D eigenvalue weighted by Gasteiger charge is 2.85. The van der Waals surface area contributed by atoms with E-state index in [2.05, 4.69) is 0 Å². The lowest BCUT2D eigenvalue weighted by atomic mass is 9.92. The molecule has 0 aromatic rings. The fourth-order valence-corrected chi connectivity index (χ4v) is 1.62. The zero-order valence-electron chi connectivity index (χ0n) is 11.4. The SMILES string of the molecule is O=C(C(F)(F)C(F)(F)I)C(F)(F)C(F)(F)C(F)(F)C(=O)C(F)(F)C(F)(F)I. The maximum Gasteiger partial charge on any atom is 0.387 e. The predicted molar refractivity (Wildman–Crippen MR) is 72.7 cm³/mol. The summed E-state index contributed by atoms with van der Waals surface area (Å²) in [7, 11) is 0. The maximum absolute atomic E-state index is 13.2. The number of carbonyl (C=O) groups is 2. The van der Waals surface area contributed by atoms with Crippen molar-refractivity contribution in [1.29, 1.82) is 0 Å². The van der Waals surface area contributed by atoms with E-state index >= 15 is 0 Å². The Morgan fingerprint density at radius 2 is 0.630 bits per heavy atom. The second kappa shape index (κ2) is 6.96. The summed E-state index contributed by atoms with van der Waals surface area (Å²) >= 11 is -1.39. The van der Waals surface area contributed by atoms with E-state index in [0.29, 0.717) is 0 Å². The molecule has 160 valence electrons. The van der Waals surface area contributed by atoms with E-state index in [1.807, 2.05) is 0 Å². The molecule has 0 rings (SSSR count). The molecule has 0 aliphatic carbocycles. The molecule has 0 bridgehead atoms. The van der Waals surface area contributed by atoms with Gasteiger partial charge in [-0.3, -0.25) is 9.59 Å². The minimum Gasteiger partial charge on any atom is -0.285 e. The third-order valence-electron chi connectivity index (χ3n) is 2.64. The molecule has 27 heavy (non-hydrogen) atoms. The van der Waals surface area contributed by atoms with Crippen molar-refractivity contribution >= 4 is 56.7 Å². The summed E-state index contributed by atoms with van der Waals surface area (Å²) < 4.78 is 169. The number of ketones is 2. The lowest BCUT2D eigenvalue weighted by molar-refractivity contribution is -0.302. The van der Waals surface area contributed by atoms with Crippen LogP contribution in [0.25, 0.3) is 0 Å². The van der Waals surface area contributed by atoms with E-state index in [-0.39, 0.29) is 0 Å². The maximum atomic E-state index is 13.2. The fourth-order valence-electron chi connectivity index (χ4n) is 1.13. The Kier molecular flexibility index (Phi) is 6.91. The van der Waals surface area contributed by atoms with Gasteiger partial charge in [0.15, 0.2) is 0 Å². The van der Waals surface area contributed by atoms with Gasteiger partial charge < -0.3 is 0 Å². The lowest BCUT2D eigenvalue weighted by Gasteiger charge is -2.34. The molecule has 0 unspecified atom stereocenters. The van der Waals surface area contributed by atoms with E-state index in [1.54, 1.807) is 0 Å². The number of alkyl halides is 16. The van der Waals surface area contributed by atoms with Crippen LogP contribution in [-0.2, 0) is 9.59 Å². The number of halogens is 16. The van der Waals surface area contributed by atoms with Crippen LogP contribution in [0.2, 0.25) is 0 Å². The van der Waals surface area contributed by atoms with Crippen LogP contribution in [0.3, 0.4) is 0 Å². The first-order chi connectivity index (χ1) is 11.3. The first-order valence-electron chi connectivity index (χ1n) is 5.43. The van der Waals surface area contributed by atoms with Crippen LogP contribution < -0.4 is 0 Å². The topological polar surface area (TPSA) is 34.1 Å². The quantitative estimate of drug-likeness (QED) is 0.200. The standard InChI is InChI=1S/C9F14I2O2/c10-3(11,1(26)5(14,15)8(20,21)24)7(18,19)4(12,13)2(27)6(16,17)9(22,23)25. The number of carbonyl (C=O) groups excluding carboxylic acids is 2. The molecule has 0 aliphatic heterocycles. The van der Waals surface area contributed by atoms with Gasteiger partial charge in [-0.2, -0.15) is 61.5 Å². The molecule has 0 aliphatic rings. The number of hydrogen-bond donors (Lipinski definition) is 0. The van der Waals surface area contributed by atoms with Gasteiger partial charge in [0, 0.05) is 45.2 Å². The molecule has 0 saturated carbocycles. The highest BCUT2D eigenvalue weighted by molar-refractivity contribution is 14.1. The Hall–Kier alpha value is -0.180. The van der Waals surface area contributed by atoms with E-state index in [4.69, 9.17) is 0 Å². The molecule has 0 fully saturated rings. The predicted octanol–water partition coefficient (Wildman–Crippen LogP) is 5.36. The molecule has 0 radical (unpaired) electrons. The van der Waals surface area contributed by atoms with Crippen LogP contribution >= 0.6 is 45.2 Å². The lowest BCUT2D eigenvalue weighted by Crippen LogP contribution is -2.68. The van der Waals surface area contributed by atoms with Crippen LogP contribution in [0.15, 0.2) is 0 Å². The van der Waals surface area contributed by atoms with Gasteiger partial charge in [-0.15, -0.1) is 0 Å². The molecule has 0 saturated heterocycles. The van der Waals surface area contributed by atoms with Crippen molar-refractivity contribution in [3.63, 3.8) is 0 Å². The summed E-state index contributed by atoms with van der Waals surface area (Å²) in [6.45, 7) is 0. The highest BCUT2D eigenvalue weighted by atomic mass is 127. The van der Waals surface area contributed by atoms with Gasteiger partial charge in [0.25, 0.3) is 11.6 Å². The van der Waals surface area contributed by atoms with Crippen molar-refractivity contribution in [2.24, 2.45) is 0 Å². The van der Waals surface area contributed by atoms with Crippen LogP contribution in [-0.4, -0.2) is 49.0 Å². The monoisotopic (exact) mass is 660 g/mol. The van der Waals surface area contributed by atoms with E-state index in [0.717, 1.165) is 0 Å². The minimum atomic E-state index is -7.81. The molecule has 0 spiro atoms. The average molecular weight is 660 g/mol. The summed E-state index contributed by atoms with van der Waals surface area (Å²) in [5.74, 6) is -46.1. The molecule has 0 amide bonds. The van der Waals surface area contributed by atoms with Crippen molar-refractivity contribution < 1.29 is 71.1 Å². The summed E-state index contributed by atoms with van der Waals surface area (Å²) in [5.41, 5.74) is 0. The van der Waals surface area contributed by atoms with Gasteiger partial charge in [-0.1, -0.05) is 0 Å². The van der Waals surface area contributed by atoms with Crippen molar-refractivity contribution in [2.45, 2.75) is 37.5 Å².